The molecule has 0 fully saturated rings. The molecule has 0 radical (unpaired) electrons. The molecule has 21 heavy (non-hydrogen) atoms. The maximum absolute atomic E-state index is 9.99. The molecular formula is C13H13BrN4O3. The highest BCUT2D eigenvalue weighted by Crippen LogP contribution is 2.32. The van der Waals surface area contributed by atoms with Crippen molar-refractivity contribution in [3.8, 4) is 17.4 Å². The molecule has 0 unspecified atom stereocenters. The van der Waals surface area contributed by atoms with E-state index in [0.29, 0.717) is 23.0 Å². The zero-order valence-corrected chi connectivity index (χ0v) is 13.0. The number of nitrogens with one attached hydrogen (secondary N) is 1. The molecule has 8 heteroatoms. The quantitative estimate of drug-likeness (QED) is 0.634. The third-order valence-corrected chi connectivity index (χ3v) is 2.98. The number of aromatic nitrogens is 2. The highest BCUT2D eigenvalue weighted by atomic mass is 79.9. The number of hydrazone groups is 1. The van der Waals surface area contributed by atoms with Crippen LogP contribution >= 0.6 is 15.9 Å². The third-order valence-electron chi connectivity index (χ3n) is 2.52. The molecule has 0 aliphatic carbocycles. The second-order valence-corrected chi connectivity index (χ2v) is 4.75. The van der Waals surface area contributed by atoms with Gasteiger partial charge in [-0.15, -0.1) is 0 Å². The van der Waals surface area contributed by atoms with E-state index in [9.17, 15) is 5.11 Å². The summed E-state index contributed by atoms with van der Waals surface area (Å²) in [6.45, 7) is 0. The van der Waals surface area contributed by atoms with Crippen molar-refractivity contribution in [3.63, 3.8) is 0 Å². The fourth-order valence-corrected chi connectivity index (χ4v) is 2.02. The normalized spacial score (nSPS) is 10.6. The molecule has 2 rings (SSSR count). The Bertz CT molecular complexity index is 664. The number of phenols is 1. The van der Waals surface area contributed by atoms with E-state index in [1.54, 1.807) is 12.1 Å². The molecule has 1 aromatic heterocycles. The molecule has 1 heterocycles. The number of nitrogens with zero attached hydrogens (tertiary/aromatic N) is 3. The van der Waals surface area contributed by atoms with Gasteiger partial charge in [0.15, 0.2) is 11.5 Å². The van der Waals surface area contributed by atoms with Crippen LogP contribution in [0.3, 0.4) is 0 Å². The smallest absolute Gasteiger partial charge is 0.258 e. The highest BCUT2D eigenvalue weighted by Gasteiger charge is 2.08. The molecule has 110 valence electrons. The minimum atomic E-state index is -0.00244. The number of hydrogen-bond acceptors (Lipinski definition) is 7. The summed E-state index contributed by atoms with van der Waals surface area (Å²) in [7, 11) is 2.97. The third kappa shape index (κ3) is 3.60. The van der Waals surface area contributed by atoms with Crippen LogP contribution in [0.25, 0.3) is 0 Å². The Hall–Kier alpha value is -2.35. The summed E-state index contributed by atoms with van der Waals surface area (Å²) in [5.41, 5.74) is 3.18. The first-order valence-corrected chi connectivity index (χ1v) is 6.65. The maximum atomic E-state index is 9.99. The van der Waals surface area contributed by atoms with Crippen molar-refractivity contribution < 1.29 is 14.6 Å². The van der Waals surface area contributed by atoms with Gasteiger partial charge < -0.3 is 14.6 Å². The molecule has 0 saturated carbocycles. The predicted octanol–water partition coefficient (Wildman–Crippen LogP) is 2.41. The number of rotatable bonds is 5. The van der Waals surface area contributed by atoms with E-state index in [-0.39, 0.29) is 5.75 Å². The van der Waals surface area contributed by atoms with Gasteiger partial charge in [0.05, 0.1) is 20.4 Å². The van der Waals surface area contributed by atoms with Gasteiger partial charge in [0.1, 0.15) is 0 Å². The van der Waals surface area contributed by atoms with Crippen LogP contribution < -0.4 is 14.9 Å². The van der Waals surface area contributed by atoms with Crippen LogP contribution in [0.5, 0.6) is 17.4 Å². The topological polar surface area (TPSA) is 88.9 Å². The molecule has 0 amide bonds. The van der Waals surface area contributed by atoms with Crippen molar-refractivity contribution >= 4 is 28.0 Å². The summed E-state index contributed by atoms with van der Waals surface area (Å²) in [6, 6.07) is 3.36. The number of phenolic OH excluding ortho intramolecular Hbond substituents is 1. The lowest BCUT2D eigenvalue weighted by molar-refractivity contribution is 0.373. The van der Waals surface area contributed by atoms with E-state index in [1.807, 2.05) is 0 Å². The number of anilines is 1. The summed E-state index contributed by atoms with van der Waals surface area (Å²) in [6.07, 6.45) is 4.47. The number of ether oxygens (including phenoxy) is 2. The lowest BCUT2D eigenvalue weighted by Gasteiger charge is -2.07. The summed E-state index contributed by atoms with van der Waals surface area (Å²) in [4.78, 5) is 8.03. The summed E-state index contributed by atoms with van der Waals surface area (Å²) in [5.74, 6) is 1.05. The molecule has 1 aromatic carbocycles. The highest BCUT2D eigenvalue weighted by molar-refractivity contribution is 9.10. The first kappa shape index (κ1) is 15.0. The second kappa shape index (κ2) is 6.89. The minimum Gasteiger partial charge on any atom is -0.504 e. The molecule has 0 saturated heterocycles. The lowest BCUT2D eigenvalue weighted by atomic mass is 10.2. The molecule has 0 aliphatic rings. The Labute approximate surface area is 129 Å². The van der Waals surface area contributed by atoms with Crippen LogP contribution in [-0.2, 0) is 0 Å². The Kier molecular flexibility index (Phi) is 4.94. The fourth-order valence-electron chi connectivity index (χ4n) is 1.56. The van der Waals surface area contributed by atoms with Crippen LogP contribution in [0.15, 0.2) is 34.1 Å². The summed E-state index contributed by atoms with van der Waals surface area (Å²) < 4.78 is 10.9. The molecular weight excluding hydrogens is 340 g/mol. The molecule has 7 nitrogen and oxygen atoms in total. The average Bonchev–Trinajstić information content (AvgIpc) is 2.50. The number of halogens is 1. The van der Waals surface area contributed by atoms with E-state index in [4.69, 9.17) is 9.47 Å². The molecule has 2 N–H and O–H groups in total. The SMILES string of the molecule is COc1cc(Br)cc(C=NNc2nccnc2OC)c1O. The van der Waals surface area contributed by atoms with Gasteiger partial charge in [-0.2, -0.15) is 5.10 Å². The number of aromatic hydroxyl groups is 1. The van der Waals surface area contributed by atoms with Gasteiger partial charge in [0.25, 0.3) is 5.88 Å². The van der Waals surface area contributed by atoms with E-state index >= 15 is 0 Å². The van der Waals surface area contributed by atoms with Crippen LogP contribution in [0, 0.1) is 0 Å². The summed E-state index contributed by atoms with van der Waals surface area (Å²) >= 11 is 3.33. The number of methoxy groups -OCH3 is 2. The van der Waals surface area contributed by atoms with E-state index in [0.717, 1.165) is 4.47 Å². The Balaban J connectivity index is 2.20. The number of hydrogen-bond donors (Lipinski definition) is 2. The predicted molar refractivity (Wildman–Crippen MR) is 82.2 cm³/mol. The van der Waals surface area contributed by atoms with Crippen LogP contribution in [0.1, 0.15) is 5.56 Å². The second-order valence-electron chi connectivity index (χ2n) is 3.83. The Morgan fingerprint density at radius 1 is 1.24 bits per heavy atom. The first-order valence-electron chi connectivity index (χ1n) is 5.86. The molecule has 0 spiro atoms. The van der Waals surface area contributed by atoms with Gasteiger partial charge in [-0.1, -0.05) is 15.9 Å². The number of benzene rings is 1. The Morgan fingerprint density at radius 2 is 2.00 bits per heavy atom. The van der Waals surface area contributed by atoms with Crippen molar-refractivity contribution in [1.82, 2.24) is 9.97 Å². The van der Waals surface area contributed by atoms with Gasteiger partial charge in [0, 0.05) is 22.4 Å². The minimum absolute atomic E-state index is 0.00244. The lowest BCUT2D eigenvalue weighted by Crippen LogP contribution is -1.99. The van der Waals surface area contributed by atoms with Crippen LogP contribution in [-0.4, -0.2) is 35.5 Å². The van der Waals surface area contributed by atoms with E-state index in [1.165, 1.54) is 32.8 Å². The van der Waals surface area contributed by atoms with Crippen LogP contribution in [0.2, 0.25) is 0 Å². The average molecular weight is 353 g/mol. The zero-order valence-electron chi connectivity index (χ0n) is 11.4. The zero-order chi connectivity index (χ0) is 15.2. The van der Waals surface area contributed by atoms with E-state index < -0.39 is 0 Å². The maximum Gasteiger partial charge on any atom is 0.258 e. The van der Waals surface area contributed by atoms with E-state index in [2.05, 4.69) is 36.4 Å². The Morgan fingerprint density at radius 3 is 2.71 bits per heavy atom. The molecule has 0 bridgehead atoms. The standard InChI is InChI=1S/C13H13BrN4O3/c1-20-10-6-9(14)5-8(11(10)19)7-17-18-12-13(21-2)16-4-3-15-12/h3-7,19H,1-2H3,(H,15,18). The van der Waals surface area contributed by atoms with Crippen molar-refractivity contribution in [2.24, 2.45) is 5.10 Å². The van der Waals surface area contributed by atoms with Crippen LogP contribution in [0.4, 0.5) is 5.82 Å². The van der Waals surface area contributed by atoms with Crippen molar-refractivity contribution in [3.05, 3.63) is 34.6 Å². The summed E-state index contributed by atoms with van der Waals surface area (Å²) in [5, 5.41) is 14.0. The van der Waals surface area contributed by atoms with Gasteiger partial charge in [-0.25, -0.2) is 9.97 Å². The molecule has 2 aromatic rings. The van der Waals surface area contributed by atoms with Gasteiger partial charge in [0.2, 0.25) is 5.82 Å². The van der Waals surface area contributed by atoms with Gasteiger partial charge in [-0.3, -0.25) is 5.43 Å². The van der Waals surface area contributed by atoms with Gasteiger partial charge >= 0.3 is 0 Å². The molecule has 0 aliphatic heterocycles. The largest absolute Gasteiger partial charge is 0.504 e. The monoisotopic (exact) mass is 352 g/mol. The first-order chi connectivity index (χ1) is 10.2. The molecule has 0 atom stereocenters. The van der Waals surface area contributed by atoms with Crippen molar-refractivity contribution in [1.29, 1.82) is 0 Å². The van der Waals surface area contributed by atoms with Crippen molar-refractivity contribution in [2.45, 2.75) is 0 Å². The van der Waals surface area contributed by atoms with Gasteiger partial charge in [-0.05, 0) is 12.1 Å². The van der Waals surface area contributed by atoms with Crippen molar-refractivity contribution in [2.75, 3.05) is 19.6 Å². The fraction of sp³-hybridized carbons (Fsp3) is 0.154.